The molecule has 31 heavy (non-hydrogen) atoms. The second kappa shape index (κ2) is 9.56. The van der Waals surface area contributed by atoms with Crippen LogP contribution in [0.2, 0.25) is 0 Å². The van der Waals surface area contributed by atoms with Crippen LogP contribution in [0.25, 0.3) is 0 Å². The Labute approximate surface area is 192 Å². The Morgan fingerprint density at radius 2 is 1.71 bits per heavy atom. The van der Waals surface area contributed by atoms with Gasteiger partial charge in [-0.1, -0.05) is 49.7 Å². The van der Waals surface area contributed by atoms with Gasteiger partial charge in [0.2, 0.25) is 0 Å². The largest absolute Gasteiger partial charge is 0.394 e. The Hall–Kier alpha value is -0.860. The number of allylic oxidation sites excluding steroid dienone is 3. The third-order valence-electron chi connectivity index (χ3n) is 6.67. The van der Waals surface area contributed by atoms with Crippen molar-refractivity contribution < 1.29 is 25.2 Å². The number of hydrogen-bond donors (Lipinski definition) is 4. The van der Waals surface area contributed by atoms with E-state index in [4.69, 9.17) is 16.3 Å². The van der Waals surface area contributed by atoms with Crippen molar-refractivity contribution in [3.8, 4) is 0 Å². The van der Waals surface area contributed by atoms with E-state index in [-0.39, 0.29) is 5.92 Å². The third kappa shape index (κ3) is 4.49. The van der Waals surface area contributed by atoms with E-state index in [1.54, 1.807) is 11.8 Å². The molecule has 1 aliphatic carbocycles. The lowest BCUT2D eigenvalue weighted by molar-refractivity contribution is -0.237. The molecular formula is C24H31ClO5S. The second-order valence-corrected chi connectivity index (χ2v) is 10.7. The molecule has 1 aromatic rings. The van der Waals surface area contributed by atoms with Gasteiger partial charge in [0.15, 0.2) is 0 Å². The van der Waals surface area contributed by atoms with E-state index in [9.17, 15) is 20.4 Å². The van der Waals surface area contributed by atoms with E-state index in [0.29, 0.717) is 18.1 Å². The molecule has 7 heteroatoms. The molecule has 1 aromatic carbocycles. The number of benzene rings is 1. The summed E-state index contributed by atoms with van der Waals surface area (Å²) in [7, 11) is 0. The maximum Gasteiger partial charge on any atom is 0.111 e. The normalized spacial score (nSPS) is 36.2. The van der Waals surface area contributed by atoms with Crippen LogP contribution in [-0.4, -0.2) is 62.8 Å². The van der Waals surface area contributed by atoms with Gasteiger partial charge in [-0.3, -0.25) is 0 Å². The number of rotatable bonds is 5. The molecule has 5 nitrogen and oxygen atoms in total. The molecule has 1 saturated heterocycles. The molecule has 4 rings (SSSR count). The first-order valence-corrected chi connectivity index (χ1v) is 12.3. The zero-order valence-electron chi connectivity index (χ0n) is 17.9. The predicted octanol–water partition coefficient (Wildman–Crippen LogP) is 2.93. The highest BCUT2D eigenvalue weighted by Gasteiger charge is 2.49. The van der Waals surface area contributed by atoms with Crippen LogP contribution in [0.15, 0.2) is 45.3 Å². The number of aliphatic hydroxyl groups excluding tert-OH is 4. The minimum atomic E-state index is -1.37. The summed E-state index contributed by atoms with van der Waals surface area (Å²) < 4.78 is 5.95. The Balaban J connectivity index is 1.64. The van der Waals surface area contributed by atoms with Crippen LogP contribution in [0, 0.1) is 5.92 Å². The van der Waals surface area contributed by atoms with Crippen LogP contribution in [0.3, 0.4) is 0 Å². The van der Waals surface area contributed by atoms with Crippen molar-refractivity contribution >= 4 is 23.4 Å². The fraction of sp³-hybridized carbons (Fsp3) is 0.583. The summed E-state index contributed by atoms with van der Waals surface area (Å²) in [4.78, 5) is 1.10. The highest BCUT2D eigenvalue weighted by molar-refractivity contribution is 8.04. The molecule has 4 N–H and O–H groups in total. The molecular weight excluding hydrogens is 436 g/mol. The smallest absolute Gasteiger partial charge is 0.111 e. The van der Waals surface area contributed by atoms with Crippen molar-refractivity contribution in [1.29, 1.82) is 0 Å². The average Bonchev–Trinajstić information content (AvgIpc) is 3.17. The molecule has 3 aliphatic rings. The van der Waals surface area contributed by atoms with Gasteiger partial charge in [0, 0.05) is 16.2 Å². The lowest BCUT2D eigenvalue weighted by Gasteiger charge is -2.44. The van der Waals surface area contributed by atoms with Crippen LogP contribution >= 0.6 is 23.4 Å². The summed E-state index contributed by atoms with van der Waals surface area (Å²) in [5, 5.41) is 42.1. The summed E-state index contributed by atoms with van der Waals surface area (Å²) in [5.41, 5.74) is 4.67. The molecule has 0 amide bonds. The van der Waals surface area contributed by atoms with E-state index in [1.807, 2.05) is 0 Å². The first-order valence-electron chi connectivity index (χ1n) is 11.0. The van der Waals surface area contributed by atoms with Crippen molar-refractivity contribution in [2.24, 2.45) is 5.92 Å². The lowest BCUT2D eigenvalue weighted by atomic mass is 9.78. The summed E-state index contributed by atoms with van der Waals surface area (Å²) in [6.07, 6.45) is -2.41. The van der Waals surface area contributed by atoms with E-state index in [1.165, 1.54) is 11.1 Å². The van der Waals surface area contributed by atoms with E-state index < -0.39 is 37.1 Å². The van der Waals surface area contributed by atoms with Crippen LogP contribution in [0.1, 0.15) is 37.8 Å². The molecule has 2 unspecified atom stereocenters. The van der Waals surface area contributed by atoms with Gasteiger partial charge in [-0.25, -0.2) is 0 Å². The molecule has 0 bridgehead atoms. The topological polar surface area (TPSA) is 90.2 Å². The number of thioether (sulfide) groups is 1. The first-order chi connectivity index (χ1) is 14.8. The number of hydrogen-bond acceptors (Lipinski definition) is 6. The molecule has 1 fully saturated rings. The Morgan fingerprint density at radius 3 is 2.35 bits per heavy atom. The second-order valence-electron chi connectivity index (χ2n) is 8.84. The van der Waals surface area contributed by atoms with Gasteiger partial charge in [0.1, 0.15) is 24.4 Å². The number of aryl methyl sites for hydroxylation is 1. The maximum atomic E-state index is 10.8. The van der Waals surface area contributed by atoms with Gasteiger partial charge >= 0.3 is 0 Å². The molecule has 2 heterocycles. The molecule has 0 spiro atoms. The SMILES string of the molecule is CCc1ccc(CC2=C(Cl)C3=C(SC(C)C3)C([C@@H]3O[C@H](CO)[C@@H](O)[C@H](O)[C@H]3O)C2)cc1. The first kappa shape index (κ1) is 23.3. The van der Waals surface area contributed by atoms with E-state index in [0.717, 1.165) is 33.9 Å². The predicted molar refractivity (Wildman–Crippen MR) is 123 cm³/mol. The molecule has 7 atom stereocenters. The van der Waals surface area contributed by atoms with E-state index in [2.05, 4.69) is 38.1 Å². The maximum absolute atomic E-state index is 10.8. The van der Waals surface area contributed by atoms with Crippen LogP contribution in [-0.2, 0) is 17.6 Å². The molecule has 0 radical (unpaired) electrons. The van der Waals surface area contributed by atoms with Gasteiger partial charge in [0.25, 0.3) is 0 Å². The summed E-state index contributed by atoms with van der Waals surface area (Å²) >= 11 is 8.63. The van der Waals surface area contributed by atoms with Crippen molar-refractivity contribution in [2.45, 2.75) is 75.3 Å². The highest BCUT2D eigenvalue weighted by atomic mass is 35.5. The quantitative estimate of drug-likeness (QED) is 0.533. The van der Waals surface area contributed by atoms with Crippen LogP contribution < -0.4 is 0 Å². The zero-order valence-corrected chi connectivity index (χ0v) is 19.4. The number of halogens is 1. The lowest BCUT2D eigenvalue weighted by Crippen LogP contribution is -2.60. The molecule has 2 aliphatic heterocycles. The minimum Gasteiger partial charge on any atom is -0.394 e. The van der Waals surface area contributed by atoms with Gasteiger partial charge in [0.05, 0.1) is 12.7 Å². The molecule has 0 saturated carbocycles. The van der Waals surface area contributed by atoms with Crippen molar-refractivity contribution in [3.05, 3.63) is 56.5 Å². The fourth-order valence-corrected chi connectivity index (χ4v) is 6.69. The monoisotopic (exact) mass is 466 g/mol. The van der Waals surface area contributed by atoms with Crippen molar-refractivity contribution in [2.75, 3.05) is 6.61 Å². The average molecular weight is 467 g/mol. The Morgan fingerprint density at radius 1 is 1.03 bits per heavy atom. The minimum absolute atomic E-state index is 0.177. The molecule has 170 valence electrons. The van der Waals surface area contributed by atoms with Crippen molar-refractivity contribution in [1.82, 2.24) is 0 Å². The number of ether oxygens (including phenoxy) is 1. The van der Waals surface area contributed by atoms with Crippen LogP contribution in [0.5, 0.6) is 0 Å². The van der Waals surface area contributed by atoms with Gasteiger partial charge in [-0.2, -0.15) is 0 Å². The van der Waals surface area contributed by atoms with Gasteiger partial charge in [-0.05, 0) is 52.9 Å². The van der Waals surface area contributed by atoms with Gasteiger partial charge < -0.3 is 25.2 Å². The van der Waals surface area contributed by atoms with E-state index >= 15 is 0 Å². The standard InChI is InChI=1S/C24H31ClO5S/c1-3-13-4-6-14(7-5-13)9-15-10-17(24-16(19(15)25)8-12(2)31-24)23-22(29)21(28)20(27)18(11-26)30-23/h4-7,12,17-18,20-23,26-29H,3,8-11H2,1-2H3/t12?,17?,18-,20-,21+,22-,23+/m1/s1. The summed E-state index contributed by atoms with van der Waals surface area (Å²) in [6, 6.07) is 8.55. The van der Waals surface area contributed by atoms with Gasteiger partial charge in [-0.15, -0.1) is 11.8 Å². The Kier molecular flexibility index (Phi) is 7.18. The Bertz CT molecular complexity index is 865. The highest BCUT2D eigenvalue weighted by Crippen LogP contribution is 2.53. The number of aliphatic hydroxyl groups is 4. The summed E-state index contributed by atoms with van der Waals surface area (Å²) in [5.74, 6) is -0.177. The molecule has 0 aromatic heterocycles. The third-order valence-corrected chi connectivity index (χ3v) is 8.54. The van der Waals surface area contributed by atoms with Crippen LogP contribution in [0.4, 0.5) is 0 Å². The zero-order chi connectivity index (χ0) is 22.3. The van der Waals surface area contributed by atoms with Crippen molar-refractivity contribution in [3.63, 3.8) is 0 Å². The summed E-state index contributed by atoms with van der Waals surface area (Å²) in [6.45, 7) is 3.87. The fourth-order valence-electron chi connectivity index (χ4n) is 4.91.